The molecule has 1 aromatic carbocycles. The maximum Gasteiger partial charge on any atom is 0.142 e. The zero-order chi connectivity index (χ0) is 14.1. The summed E-state index contributed by atoms with van der Waals surface area (Å²) in [6.07, 6.45) is 1.84. The van der Waals surface area contributed by atoms with Crippen molar-refractivity contribution in [3.63, 3.8) is 0 Å². The van der Waals surface area contributed by atoms with Crippen molar-refractivity contribution >= 4 is 5.69 Å². The third-order valence-electron chi connectivity index (χ3n) is 3.09. The quantitative estimate of drug-likeness (QED) is 0.672. The lowest BCUT2D eigenvalue weighted by Gasteiger charge is -2.23. The predicted octanol–water partition coefficient (Wildman–Crippen LogP) is 2.13. The van der Waals surface area contributed by atoms with Crippen molar-refractivity contribution in [1.29, 1.82) is 0 Å². The third-order valence-corrected chi connectivity index (χ3v) is 3.09. The van der Waals surface area contributed by atoms with E-state index in [0.717, 1.165) is 19.5 Å². The average Bonchev–Trinajstić information content (AvgIpc) is 2.42. The number of anilines is 1. The molecule has 0 spiro atoms. The van der Waals surface area contributed by atoms with E-state index in [9.17, 15) is 5.11 Å². The monoisotopic (exact) mass is 266 g/mol. The van der Waals surface area contributed by atoms with Crippen LogP contribution in [0.15, 0.2) is 24.3 Å². The molecular weight excluding hydrogens is 240 g/mol. The molecule has 1 atom stereocenters. The molecule has 3 N–H and O–H groups in total. The number of aliphatic hydroxyl groups is 1. The second-order valence-electron chi connectivity index (χ2n) is 4.75. The first-order valence-electron chi connectivity index (χ1n) is 7.05. The third kappa shape index (κ3) is 5.94. The Hall–Kier alpha value is -1.26. The highest BCUT2D eigenvalue weighted by atomic mass is 16.5. The number of nitrogen functional groups attached to an aromatic ring is 1. The van der Waals surface area contributed by atoms with E-state index in [4.69, 9.17) is 10.5 Å². The van der Waals surface area contributed by atoms with Crippen molar-refractivity contribution in [2.75, 3.05) is 32.0 Å². The second-order valence-corrected chi connectivity index (χ2v) is 4.75. The maximum absolute atomic E-state index is 9.99. The van der Waals surface area contributed by atoms with Crippen LogP contribution in [0.4, 0.5) is 5.69 Å². The molecule has 4 heteroatoms. The van der Waals surface area contributed by atoms with Gasteiger partial charge in [0.2, 0.25) is 0 Å². The first kappa shape index (κ1) is 15.8. The van der Waals surface area contributed by atoms with E-state index in [1.54, 1.807) is 6.07 Å². The fourth-order valence-corrected chi connectivity index (χ4v) is 1.91. The van der Waals surface area contributed by atoms with Gasteiger partial charge in [-0.15, -0.1) is 0 Å². The Morgan fingerprint density at radius 3 is 2.68 bits per heavy atom. The molecular formula is C15H26N2O2. The molecule has 1 rings (SSSR count). The number of likely N-dealkylation sites (N-methyl/N-ethyl adjacent to an activating group) is 1. The summed E-state index contributed by atoms with van der Waals surface area (Å²) >= 11 is 0. The number of benzene rings is 1. The maximum atomic E-state index is 9.99. The minimum absolute atomic E-state index is 0.275. The summed E-state index contributed by atoms with van der Waals surface area (Å²) in [6, 6.07) is 7.35. The van der Waals surface area contributed by atoms with Gasteiger partial charge in [0.1, 0.15) is 18.5 Å². The summed E-state index contributed by atoms with van der Waals surface area (Å²) in [5.41, 5.74) is 6.39. The summed E-state index contributed by atoms with van der Waals surface area (Å²) in [5.74, 6) is 0.637. The Labute approximate surface area is 116 Å². The number of hydrogen-bond donors (Lipinski definition) is 2. The van der Waals surface area contributed by atoms with Crippen LogP contribution >= 0.6 is 0 Å². The van der Waals surface area contributed by atoms with Crippen LogP contribution in [-0.4, -0.2) is 42.4 Å². The van der Waals surface area contributed by atoms with E-state index in [1.807, 2.05) is 18.2 Å². The van der Waals surface area contributed by atoms with Crippen molar-refractivity contribution in [2.24, 2.45) is 0 Å². The second kappa shape index (κ2) is 8.77. The number of hydrogen-bond acceptors (Lipinski definition) is 4. The van der Waals surface area contributed by atoms with Gasteiger partial charge in [-0.2, -0.15) is 0 Å². The number of para-hydroxylation sites is 2. The predicted molar refractivity (Wildman–Crippen MR) is 79.4 cm³/mol. The van der Waals surface area contributed by atoms with Gasteiger partial charge in [-0.05, 0) is 31.6 Å². The first-order valence-corrected chi connectivity index (χ1v) is 7.05. The average molecular weight is 266 g/mol. The lowest BCUT2D eigenvalue weighted by Crippen LogP contribution is -2.36. The largest absolute Gasteiger partial charge is 0.489 e. The smallest absolute Gasteiger partial charge is 0.142 e. The van der Waals surface area contributed by atoms with Crippen LogP contribution in [0.25, 0.3) is 0 Å². The molecule has 0 saturated carbocycles. The van der Waals surface area contributed by atoms with Gasteiger partial charge in [-0.3, -0.25) is 0 Å². The molecule has 0 saturated heterocycles. The topological polar surface area (TPSA) is 58.7 Å². The highest BCUT2D eigenvalue weighted by Crippen LogP contribution is 2.19. The van der Waals surface area contributed by atoms with E-state index in [-0.39, 0.29) is 6.61 Å². The number of unbranched alkanes of at least 4 members (excludes halogenated alkanes) is 1. The molecule has 0 aliphatic carbocycles. The van der Waals surface area contributed by atoms with Crippen LogP contribution < -0.4 is 10.5 Å². The molecule has 0 aromatic heterocycles. The first-order chi connectivity index (χ1) is 9.17. The minimum Gasteiger partial charge on any atom is -0.489 e. The molecule has 1 aromatic rings. The Balaban J connectivity index is 2.34. The Kier molecular flexibility index (Phi) is 7.30. The van der Waals surface area contributed by atoms with Gasteiger partial charge in [-0.25, -0.2) is 0 Å². The van der Waals surface area contributed by atoms with E-state index >= 15 is 0 Å². The molecule has 0 heterocycles. The van der Waals surface area contributed by atoms with E-state index in [1.165, 1.54) is 6.42 Å². The van der Waals surface area contributed by atoms with Crippen LogP contribution in [0, 0.1) is 0 Å². The number of nitrogens with zero attached hydrogens (tertiary/aromatic N) is 1. The standard InChI is InChI=1S/C15H26N2O2/c1-3-5-10-17(4-2)11-13(18)12-19-15-9-7-6-8-14(15)16/h6-9,13,18H,3-5,10-12,16H2,1-2H3. The van der Waals surface area contributed by atoms with Crippen LogP contribution in [0.5, 0.6) is 5.75 Å². The number of rotatable bonds is 9. The van der Waals surface area contributed by atoms with Crippen LogP contribution in [-0.2, 0) is 0 Å². The highest BCUT2D eigenvalue weighted by molar-refractivity contribution is 5.51. The van der Waals surface area contributed by atoms with Gasteiger partial charge in [0.25, 0.3) is 0 Å². The molecule has 1 unspecified atom stereocenters. The van der Waals surface area contributed by atoms with E-state index in [0.29, 0.717) is 18.0 Å². The van der Waals surface area contributed by atoms with E-state index in [2.05, 4.69) is 18.7 Å². The van der Waals surface area contributed by atoms with Crippen LogP contribution in [0.3, 0.4) is 0 Å². The van der Waals surface area contributed by atoms with Gasteiger partial charge < -0.3 is 20.5 Å². The molecule has 0 fully saturated rings. The summed E-state index contributed by atoms with van der Waals surface area (Å²) < 4.78 is 5.55. The molecule has 19 heavy (non-hydrogen) atoms. The summed E-state index contributed by atoms with van der Waals surface area (Å²) in [5, 5.41) is 9.99. The van der Waals surface area contributed by atoms with Crippen LogP contribution in [0.1, 0.15) is 26.7 Å². The van der Waals surface area contributed by atoms with Crippen molar-refractivity contribution in [3.8, 4) is 5.75 Å². The molecule has 4 nitrogen and oxygen atoms in total. The molecule has 108 valence electrons. The fourth-order valence-electron chi connectivity index (χ4n) is 1.91. The number of nitrogens with two attached hydrogens (primary N) is 1. The zero-order valence-electron chi connectivity index (χ0n) is 12.0. The van der Waals surface area contributed by atoms with Crippen molar-refractivity contribution in [3.05, 3.63) is 24.3 Å². The van der Waals surface area contributed by atoms with Crippen molar-refractivity contribution in [2.45, 2.75) is 32.8 Å². The van der Waals surface area contributed by atoms with Gasteiger partial charge in [0, 0.05) is 6.54 Å². The minimum atomic E-state index is -0.489. The lowest BCUT2D eigenvalue weighted by atomic mass is 10.2. The number of aliphatic hydroxyl groups excluding tert-OH is 1. The molecule has 0 radical (unpaired) electrons. The molecule has 0 amide bonds. The van der Waals surface area contributed by atoms with Gasteiger partial charge in [-0.1, -0.05) is 32.4 Å². The van der Waals surface area contributed by atoms with Crippen molar-refractivity contribution in [1.82, 2.24) is 4.90 Å². The Morgan fingerprint density at radius 2 is 2.05 bits per heavy atom. The normalized spacial score (nSPS) is 12.6. The zero-order valence-corrected chi connectivity index (χ0v) is 12.0. The molecule has 0 aliphatic rings. The summed E-state index contributed by atoms with van der Waals surface area (Å²) in [6.45, 7) is 7.17. The molecule has 0 aliphatic heterocycles. The van der Waals surface area contributed by atoms with Gasteiger partial charge in [0.15, 0.2) is 0 Å². The number of ether oxygens (including phenoxy) is 1. The summed E-state index contributed by atoms with van der Waals surface area (Å²) in [7, 11) is 0. The molecule has 0 bridgehead atoms. The van der Waals surface area contributed by atoms with Crippen molar-refractivity contribution < 1.29 is 9.84 Å². The Morgan fingerprint density at radius 1 is 1.32 bits per heavy atom. The van der Waals surface area contributed by atoms with Gasteiger partial charge >= 0.3 is 0 Å². The van der Waals surface area contributed by atoms with Gasteiger partial charge in [0.05, 0.1) is 5.69 Å². The van der Waals surface area contributed by atoms with Crippen LogP contribution in [0.2, 0.25) is 0 Å². The lowest BCUT2D eigenvalue weighted by molar-refractivity contribution is 0.0697. The Bertz CT molecular complexity index is 358. The van der Waals surface area contributed by atoms with E-state index < -0.39 is 6.10 Å². The summed E-state index contributed by atoms with van der Waals surface area (Å²) in [4.78, 5) is 2.24. The SMILES string of the molecule is CCCCN(CC)CC(O)COc1ccccc1N. The fraction of sp³-hybridized carbons (Fsp3) is 0.600. The highest BCUT2D eigenvalue weighted by Gasteiger charge is 2.11.